The molecule has 1 aliphatic carbocycles. The molecular weight excluding hydrogens is 251 g/mol. The summed E-state index contributed by atoms with van der Waals surface area (Å²) in [5.41, 5.74) is 1.90. The lowest BCUT2D eigenvalue weighted by Gasteiger charge is -2.02. The molecule has 0 saturated carbocycles. The van der Waals surface area contributed by atoms with Crippen molar-refractivity contribution in [1.29, 1.82) is 5.41 Å². The first-order chi connectivity index (χ1) is 5.38. The highest BCUT2D eigenvalue weighted by molar-refractivity contribution is 14.1. The van der Waals surface area contributed by atoms with Gasteiger partial charge in [-0.3, -0.25) is 5.41 Å². The number of hydrogen-bond acceptors (Lipinski definition) is 1. The normalized spacial score (nSPS) is 23.0. The van der Waals surface area contributed by atoms with Crippen molar-refractivity contribution in [3.8, 4) is 0 Å². The summed E-state index contributed by atoms with van der Waals surface area (Å²) in [6.07, 6.45) is 8.77. The van der Waals surface area contributed by atoms with Crippen LogP contribution in [0.2, 0.25) is 0 Å². The zero-order valence-corrected chi connectivity index (χ0v) is 7.95. The smallest absolute Gasteiger partial charge is 0.107 e. The minimum absolute atomic E-state index is 0.844. The maximum atomic E-state index is 6.80. The molecular formula is C8H7IN2. The lowest BCUT2D eigenvalue weighted by Crippen LogP contribution is -1.98. The molecule has 2 nitrogen and oxygen atoms in total. The molecule has 1 aliphatic rings. The third kappa shape index (κ3) is 2.11. The molecule has 0 aliphatic heterocycles. The van der Waals surface area contributed by atoms with Gasteiger partial charge in [-0.2, -0.15) is 0 Å². The predicted molar refractivity (Wildman–Crippen MR) is 56.6 cm³/mol. The molecule has 0 fully saturated rings. The maximum Gasteiger partial charge on any atom is 0.107 e. The zero-order valence-electron chi connectivity index (χ0n) is 5.79. The Bertz CT molecular complexity index is 272. The fourth-order valence-corrected chi connectivity index (χ4v) is 1.29. The molecule has 3 heteroatoms. The van der Waals surface area contributed by atoms with E-state index < -0.39 is 0 Å². The Kier molecular flexibility index (Phi) is 3.22. The van der Waals surface area contributed by atoms with Crippen LogP contribution >= 0.6 is 22.6 Å². The van der Waals surface area contributed by atoms with Crippen molar-refractivity contribution in [2.24, 2.45) is 4.99 Å². The van der Waals surface area contributed by atoms with E-state index in [2.05, 4.69) is 27.6 Å². The van der Waals surface area contributed by atoms with Crippen molar-refractivity contribution >= 4 is 34.6 Å². The maximum absolute atomic E-state index is 6.80. The third-order valence-electron chi connectivity index (χ3n) is 1.26. The van der Waals surface area contributed by atoms with Crippen LogP contribution in [0.15, 0.2) is 39.0 Å². The topological polar surface area (TPSA) is 36.2 Å². The van der Waals surface area contributed by atoms with Crippen LogP contribution in [0.1, 0.15) is 0 Å². The van der Waals surface area contributed by atoms with E-state index in [0.29, 0.717) is 0 Å². The van der Waals surface area contributed by atoms with Crippen LogP contribution in [0.3, 0.4) is 0 Å². The summed E-state index contributed by atoms with van der Waals surface area (Å²) in [6.45, 7) is 0. The highest BCUT2D eigenvalue weighted by Crippen LogP contribution is 2.09. The number of allylic oxidation sites excluding steroid dienone is 5. The second kappa shape index (κ2) is 4.23. The molecule has 11 heavy (non-hydrogen) atoms. The van der Waals surface area contributed by atoms with Crippen molar-refractivity contribution in [3.05, 3.63) is 34.0 Å². The molecule has 1 rings (SSSR count). The van der Waals surface area contributed by atoms with Gasteiger partial charge in [0.2, 0.25) is 0 Å². The van der Waals surface area contributed by atoms with Crippen LogP contribution in [0, 0.1) is 5.41 Å². The van der Waals surface area contributed by atoms with E-state index in [0.717, 1.165) is 17.6 Å². The molecule has 0 aromatic rings. The SMILES string of the molecule is N=CN=C1C=CC=C/C1=C/I. The van der Waals surface area contributed by atoms with Crippen LogP contribution in [-0.2, 0) is 0 Å². The van der Waals surface area contributed by atoms with Gasteiger partial charge in [-0.05, 0) is 10.2 Å². The van der Waals surface area contributed by atoms with E-state index in [9.17, 15) is 0 Å². The van der Waals surface area contributed by atoms with Gasteiger partial charge >= 0.3 is 0 Å². The Balaban J connectivity index is 2.97. The first-order valence-corrected chi connectivity index (χ1v) is 4.35. The van der Waals surface area contributed by atoms with E-state index in [1.807, 2.05) is 28.4 Å². The molecule has 1 N–H and O–H groups in total. The third-order valence-corrected chi connectivity index (χ3v) is 1.93. The molecule has 0 saturated heterocycles. The number of halogens is 1. The highest BCUT2D eigenvalue weighted by Gasteiger charge is 2.00. The average molecular weight is 258 g/mol. The molecule has 56 valence electrons. The first-order valence-electron chi connectivity index (χ1n) is 3.10. The first kappa shape index (κ1) is 8.39. The minimum Gasteiger partial charge on any atom is -0.290 e. The Morgan fingerprint density at radius 2 is 2.09 bits per heavy atom. The summed E-state index contributed by atoms with van der Waals surface area (Å²) >= 11 is 2.16. The van der Waals surface area contributed by atoms with E-state index in [4.69, 9.17) is 5.41 Å². The number of aliphatic imine (C=N–C) groups is 1. The fourth-order valence-electron chi connectivity index (χ4n) is 0.767. The van der Waals surface area contributed by atoms with Gasteiger partial charge in [-0.15, -0.1) is 0 Å². The van der Waals surface area contributed by atoms with E-state index in [-0.39, 0.29) is 0 Å². The van der Waals surface area contributed by atoms with Gasteiger partial charge in [0.15, 0.2) is 0 Å². The van der Waals surface area contributed by atoms with Gasteiger partial charge < -0.3 is 0 Å². The van der Waals surface area contributed by atoms with Crippen LogP contribution in [0.5, 0.6) is 0 Å². The van der Waals surface area contributed by atoms with Gasteiger partial charge in [-0.1, -0.05) is 40.8 Å². The fraction of sp³-hybridized carbons (Fsp3) is 0. The van der Waals surface area contributed by atoms with Crippen LogP contribution in [0.25, 0.3) is 0 Å². The van der Waals surface area contributed by atoms with Crippen molar-refractivity contribution < 1.29 is 0 Å². The molecule has 0 radical (unpaired) electrons. The van der Waals surface area contributed by atoms with E-state index >= 15 is 0 Å². The average Bonchev–Trinajstić information content (AvgIpc) is 2.06. The molecule has 0 heterocycles. The van der Waals surface area contributed by atoms with Crippen LogP contribution in [-0.4, -0.2) is 12.1 Å². The van der Waals surface area contributed by atoms with Crippen molar-refractivity contribution in [3.63, 3.8) is 0 Å². The number of nitrogens with zero attached hydrogens (tertiary/aromatic N) is 1. The summed E-state index contributed by atoms with van der Waals surface area (Å²) < 4.78 is 1.94. The predicted octanol–water partition coefficient (Wildman–Crippen LogP) is 2.48. The van der Waals surface area contributed by atoms with Gasteiger partial charge in [0.05, 0.1) is 5.71 Å². The molecule has 0 unspecified atom stereocenters. The lowest BCUT2D eigenvalue weighted by atomic mass is 10.1. The van der Waals surface area contributed by atoms with Gasteiger partial charge in [0.25, 0.3) is 0 Å². The lowest BCUT2D eigenvalue weighted by molar-refractivity contribution is 1.51. The molecule has 0 bridgehead atoms. The summed E-state index contributed by atoms with van der Waals surface area (Å²) in [6, 6.07) is 0. The molecule has 0 atom stereocenters. The molecule has 0 aromatic carbocycles. The van der Waals surface area contributed by atoms with Gasteiger partial charge in [0.1, 0.15) is 6.34 Å². The monoisotopic (exact) mass is 258 g/mol. The van der Waals surface area contributed by atoms with Crippen LogP contribution in [0.4, 0.5) is 0 Å². The van der Waals surface area contributed by atoms with Crippen molar-refractivity contribution in [1.82, 2.24) is 0 Å². The largest absolute Gasteiger partial charge is 0.290 e. The molecule has 0 amide bonds. The Labute approximate surface area is 79.1 Å². The number of rotatable bonds is 1. The Morgan fingerprint density at radius 3 is 2.73 bits per heavy atom. The summed E-state index contributed by atoms with van der Waals surface area (Å²) in [7, 11) is 0. The summed E-state index contributed by atoms with van der Waals surface area (Å²) in [5, 5.41) is 6.80. The second-order valence-electron chi connectivity index (χ2n) is 1.93. The van der Waals surface area contributed by atoms with Gasteiger partial charge in [0, 0.05) is 5.57 Å². The Morgan fingerprint density at radius 1 is 1.36 bits per heavy atom. The molecule has 0 spiro atoms. The standard InChI is InChI=1S/C8H7IN2/c9-5-7-3-1-2-4-8(7)11-6-10/h1-6,10H/b7-5-,10-6?,11-8?. The van der Waals surface area contributed by atoms with Gasteiger partial charge in [-0.25, -0.2) is 4.99 Å². The second-order valence-corrected chi connectivity index (χ2v) is 2.55. The van der Waals surface area contributed by atoms with E-state index in [1.165, 1.54) is 0 Å². The summed E-state index contributed by atoms with van der Waals surface area (Å²) in [5.74, 6) is 0. The van der Waals surface area contributed by atoms with E-state index in [1.54, 1.807) is 0 Å². The molecule has 0 aromatic heterocycles. The quantitative estimate of drug-likeness (QED) is 0.426. The number of hydrogen-bond donors (Lipinski definition) is 1. The Hall–Kier alpha value is -0.710. The van der Waals surface area contributed by atoms with Crippen LogP contribution < -0.4 is 0 Å². The highest BCUT2D eigenvalue weighted by atomic mass is 127. The van der Waals surface area contributed by atoms with Crippen molar-refractivity contribution in [2.75, 3.05) is 0 Å². The minimum atomic E-state index is 0.844. The van der Waals surface area contributed by atoms with Crippen molar-refractivity contribution in [2.45, 2.75) is 0 Å². The number of nitrogens with one attached hydrogen (secondary N) is 1. The zero-order chi connectivity index (χ0) is 8.10. The summed E-state index contributed by atoms with van der Waals surface area (Å²) in [4.78, 5) is 3.88.